The molecule has 5 heteroatoms. The van der Waals surface area contributed by atoms with Crippen molar-refractivity contribution in [1.82, 2.24) is 0 Å². The van der Waals surface area contributed by atoms with E-state index in [1.54, 1.807) is 0 Å². The highest BCUT2D eigenvalue weighted by molar-refractivity contribution is 9.14. The van der Waals surface area contributed by atoms with Crippen LogP contribution in [0.4, 0.5) is 0 Å². The zero-order valence-electron chi connectivity index (χ0n) is 6.80. The van der Waals surface area contributed by atoms with Crippen molar-refractivity contribution in [2.24, 2.45) is 0 Å². The minimum atomic E-state index is -0.962. The van der Waals surface area contributed by atoms with Crippen LogP contribution in [0.1, 0.15) is 5.56 Å². The van der Waals surface area contributed by atoms with E-state index < -0.39 is 5.97 Å². The SMILES string of the molecule is O=C(O)C=Cc1ccc(Br)c(Br)c1Br. The molecule has 0 saturated heterocycles. The predicted octanol–water partition coefficient (Wildman–Crippen LogP) is 4.07. The van der Waals surface area contributed by atoms with Gasteiger partial charge in [-0.1, -0.05) is 6.07 Å². The molecule has 0 aliphatic rings. The number of carboxylic acid groups (broad SMARTS) is 1. The van der Waals surface area contributed by atoms with Crippen LogP contribution >= 0.6 is 47.8 Å². The predicted molar refractivity (Wildman–Crippen MR) is 66.2 cm³/mol. The number of aliphatic carboxylic acids is 1. The molecule has 0 amide bonds. The van der Waals surface area contributed by atoms with Crippen LogP contribution in [0.15, 0.2) is 31.6 Å². The normalized spacial score (nSPS) is 10.8. The van der Waals surface area contributed by atoms with Gasteiger partial charge in [0.25, 0.3) is 0 Å². The summed E-state index contributed by atoms with van der Waals surface area (Å²) < 4.78 is 2.60. The largest absolute Gasteiger partial charge is 0.478 e. The quantitative estimate of drug-likeness (QED) is 0.616. The smallest absolute Gasteiger partial charge is 0.328 e. The Morgan fingerprint density at radius 2 is 1.86 bits per heavy atom. The van der Waals surface area contributed by atoms with Crippen LogP contribution in [0.5, 0.6) is 0 Å². The number of carbonyl (C=O) groups is 1. The molecule has 0 bridgehead atoms. The Hall–Kier alpha value is -0.130. The molecule has 1 aromatic carbocycles. The van der Waals surface area contributed by atoms with Gasteiger partial charge in [-0.15, -0.1) is 0 Å². The summed E-state index contributed by atoms with van der Waals surface area (Å²) in [5.41, 5.74) is 0.808. The Labute approximate surface area is 106 Å². The first-order valence-corrected chi connectivity index (χ1v) is 5.95. The van der Waals surface area contributed by atoms with E-state index in [0.29, 0.717) is 0 Å². The molecule has 0 unspecified atom stereocenters. The summed E-state index contributed by atoms with van der Waals surface area (Å²) >= 11 is 10.1. The van der Waals surface area contributed by atoms with Gasteiger partial charge in [-0.3, -0.25) is 0 Å². The van der Waals surface area contributed by atoms with Crippen molar-refractivity contribution in [2.45, 2.75) is 0 Å². The van der Waals surface area contributed by atoms with E-state index in [-0.39, 0.29) is 0 Å². The van der Waals surface area contributed by atoms with E-state index in [9.17, 15) is 4.79 Å². The summed E-state index contributed by atoms with van der Waals surface area (Å²) in [6.45, 7) is 0. The van der Waals surface area contributed by atoms with E-state index in [0.717, 1.165) is 25.1 Å². The molecule has 74 valence electrons. The molecular weight excluding hydrogens is 380 g/mol. The van der Waals surface area contributed by atoms with Gasteiger partial charge in [0.2, 0.25) is 0 Å². The fourth-order valence-electron chi connectivity index (χ4n) is 0.831. The van der Waals surface area contributed by atoms with Gasteiger partial charge in [0.05, 0.1) is 0 Å². The molecule has 14 heavy (non-hydrogen) atoms. The molecule has 0 aromatic heterocycles. The molecule has 0 atom stereocenters. The number of halogens is 3. The lowest BCUT2D eigenvalue weighted by molar-refractivity contribution is -0.131. The van der Waals surface area contributed by atoms with E-state index in [2.05, 4.69) is 47.8 Å². The van der Waals surface area contributed by atoms with Gasteiger partial charge < -0.3 is 5.11 Å². The lowest BCUT2D eigenvalue weighted by Gasteiger charge is -2.02. The van der Waals surface area contributed by atoms with E-state index in [1.807, 2.05) is 12.1 Å². The summed E-state index contributed by atoms with van der Waals surface area (Å²) in [5.74, 6) is -0.962. The molecule has 0 saturated carbocycles. The first-order chi connectivity index (χ1) is 6.52. The summed E-state index contributed by atoms with van der Waals surface area (Å²) in [6.07, 6.45) is 2.63. The van der Waals surface area contributed by atoms with E-state index >= 15 is 0 Å². The van der Waals surface area contributed by atoms with E-state index in [4.69, 9.17) is 5.11 Å². The van der Waals surface area contributed by atoms with Gasteiger partial charge in [0.15, 0.2) is 0 Å². The third-order valence-corrected chi connectivity index (χ3v) is 4.87. The number of hydrogen-bond donors (Lipinski definition) is 1. The average molecular weight is 385 g/mol. The van der Waals surface area contributed by atoms with Gasteiger partial charge in [-0.05, 0) is 65.5 Å². The van der Waals surface area contributed by atoms with E-state index in [1.165, 1.54) is 6.08 Å². The van der Waals surface area contributed by atoms with Gasteiger partial charge in [-0.2, -0.15) is 0 Å². The maximum atomic E-state index is 10.3. The Morgan fingerprint density at radius 3 is 2.43 bits per heavy atom. The van der Waals surface area contributed by atoms with Gasteiger partial charge >= 0.3 is 5.97 Å². The highest BCUT2D eigenvalue weighted by Crippen LogP contribution is 2.34. The fourth-order valence-corrected chi connectivity index (χ4v) is 2.27. The zero-order valence-corrected chi connectivity index (χ0v) is 11.6. The van der Waals surface area contributed by atoms with Crippen molar-refractivity contribution in [1.29, 1.82) is 0 Å². The van der Waals surface area contributed by atoms with Gasteiger partial charge in [-0.25, -0.2) is 4.79 Å². The molecule has 0 fully saturated rings. The maximum Gasteiger partial charge on any atom is 0.328 e. The topological polar surface area (TPSA) is 37.3 Å². The number of rotatable bonds is 2. The summed E-state index contributed by atoms with van der Waals surface area (Å²) in [5, 5.41) is 8.47. The van der Waals surface area contributed by atoms with Crippen molar-refractivity contribution in [3.05, 3.63) is 37.2 Å². The molecule has 1 N–H and O–H groups in total. The highest BCUT2D eigenvalue weighted by atomic mass is 79.9. The Kier molecular flexibility index (Phi) is 4.34. The van der Waals surface area contributed by atoms with Crippen molar-refractivity contribution in [3.8, 4) is 0 Å². The average Bonchev–Trinajstić information content (AvgIpc) is 2.13. The van der Waals surface area contributed by atoms with Crippen LogP contribution in [0.3, 0.4) is 0 Å². The van der Waals surface area contributed by atoms with Crippen molar-refractivity contribution >= 4 is 59.8 Å². The fraction of sp³-hybridized carbons (Fsp3) is 0. The molecular formula is C9H5Br3O2. The number of benzene rings is 1. The molecule has 0 heterocycles. The zero-order chi connectivity index (χ0) is 10.7. The second kappa shape index (κ2) is 5.09. The highest BCUT2D eigenvalue weighted by Gasteiger charge is 2.05. The van der Waals surface area contributed by atoms with Gasteiger partial charge in [0.1, 0.15) is 0 Å². The minimum Gasteiger partial charge on any atom is -0.478 e. The summed E-state index contributed by atoms with van der Waals surface area (Å²) in [7, 11) is 0. The molecule has 2 nitrogen and oxygen atoms in total. The number of hydrogen-bond acceptors (Lipinski definition) is 1. The second-order valence-corrected chi connectivity index (χ2v) is 4.88. The minimum absolute atomic E-state index is 0.808. The van der Waals surface area contributed by atoms with Crippen LogP contribution < -0.4 is 0 Å². The van der Waals surface area contributed by atoms with Crippen LogP contribution in [0, 0.1) is 0 Å². The Morgan fingerprint density at radius 1 is 1.21 bits per heavy atom. The lowest BCUT2D eigenvalue weighted by Crippen LogP contribution is -1.86. The Balaban J connectivity index is 3.12. The van der Waals surface area contributed by atoms with Crippen LogP contribution in [-0.4, -0.2) is 11.1 Å². The van der Waals surface area contributed by atoms with Crippen molar-refractivity contribution in [3.63, 3.8) is 0 Å². The van der Waals surface area contributed by atoms with Gasteiger partial charge in [0, 0.05) is 19.5 Å². The first kappa shape index (κ1) is 11.9. The van der Waals surface area contributed by atoms with Crippen molar-refractivity contribution in [2.75, 3.05) is 0 Å². The Bertz CT molecular complexity index is 399. The molecule has 0 aliphatic carbocycles. The van der Waals surface area contributed by atoms with Crippen LogP contribution in [0.25, 0.3) is 6.08 Å². The molecule has 0 spiro atoms. The molecule has 0 radical (unpaired) electrons. The molecule has 0 aliphatic heterocycles. The monoisotopic (exact) mass is 382 g/mol. The summed E-state index contributed by atoms with van der Waals surface area (Å²) in [6, 6.07) is 3.66. The molecule has 1 aromatic rings. The molecule has 1 rings (SSSR count). The van der Waals surface area contributed by atoms with Crippen LogP contribution in [-0.2, 0) is 4.79 Å². The lowest BCUT2D eigenvalue weighted by atomic mass is 10.2. The van der Waals surface area contributed by atoms with Crippen LogP contribution in [0.2, 0.25) is 0 Å². The van der Waals surface area contributed by atoms with Crippen molar-refractivity contribution < 1.29 is 9.90 Å². The summed E-state index contributed by atoms with van der Waals surface area (Å²) in [4.78, 5) is 10.3. The first-order valence-electron chi connectivity index (χ1n) is 3.57. The third-order valence-electron chi connectivity index (χ3n) is 1.47. The standard InChI is InChI=1S/C9H5Br3O2/c10-6-3-1-5(2-4-7(13)14)8(11)9(6)12/h1-4H,(H,13,14). The second-order valence-electron chi connectivity index (χ2n) is 2.44. The number of carboxylic acids is 1. The maximum absolute atomic E-state index is 10.3. The third kappa shape index (κ3) is 2.93.